The fourth-order valence-corrected chi connectivity index (χ4v) is 2.60. The van der Waals surface area contributed by atoms with Crippen molar-refractivity contribution in [3.63, 3.8) is 0 Å². The van der Waals surface area contributed by atoms with Crippen molar-refractivity contribution in [3.05, 3.63) is 42.1 Å². The van der Waals surface area contributed by atoms with Crippen LogP contribution in [0.3, 0.4) is 0 Å². The second-order valence-electron chi connectivity index (χ2n) is 5.62. The molecule has 0 radical (unpaired) electrons. The molecule has 1 N–H and O–H groups in total. The molecule has 0 aromatic heterocycles. The molecule has 1 aliphatic rings. The Kier molecular flexibility index (Phi) is 3.85. The molecule has 2 rings (SSSR count). The average molecular weight is 261 g/mol. The molecule has 3 nitrogen and oxygen atoms in total. The number of hydrogen-bond donors (Lipinski definition) is 1. The molecule has 1 unspecified atom stereocenters. The number of likely N-dealkylation sites (N-methyl/N-ethyl adjacent to an activating group) is 1. The highest BCUT2D eigenvalue weighted by molar-refractivity contribution is 5.28. The molecule has 0 saturated heterocycles. The number of ether oxygens (including phenoxy) is 1. The number of rotatable bonds is 3. The molecule has 19 heavy (non-hydrogen) atoms. The normalized spacial score (nSPS) is 30.5. The van der Waals surface area contributed by atoms with Crippen LogP contribution in [0, 0.1) is 5.92 Å². The Morgan fingerprint density at radius 1 is 1.32 bits per heavy atom. The van der Waals surface area contributed by atoms with Crippen LogP contribution in [0.5, 0.6) is 5.75 Å². The van der Waals surface area contributed by atoms with Crippen LogP contribution in [0.2, 0.25) is 0 Å². The molecule has 0 spiro atoms. The van der Waals surface area contributed by atoms with Gasteiger partial charge in [-0.25, -0.2) is 0 Å². The molecule has 1 aromatic carbocycles. The molecule has 0 aliphatic carbocycles. The molecular formula is C16H23NO2. The SMILES string of the molecule is COc1ccc(C[C@H]2[C@H](C)C(C)(O)C=CN2C)cc1. The Morgan fingerprint density at radius 3 is 2.53 bits per heavy atom. The molecule has 104 valence electrons. The molecule has 1 aliphatic heterocycles. The van der Waals surface area contributed by atoms with E-state index < -0.39 is 5.60 Å². The van der Waals surface area contributed by atoms with E-state index in [1.165, 1.54) is 5.56 Å². The molecule has 0 amide bonds. The van der Waals surface area contributed by atoms with Crippen LogP contribution < -0.4 is 4.74 Å². The van der Waals surface area contributed by atoms with Gasteiger partial charge in [0.25, 0.3) is 0 Å². The summed E-state index contributed by atoms with van der Waals surface area (Å²) in [5, 5.41) is 10.4. The quantitative estimate of drug-likeness (QED) is 0.907. The van der Waals surface area contributed by atoms with E-state index in [0.29, 0.717) is 6.04 Å². The third-order valence-corrected chi connectivity index (χ3v) is 4.27. The van der Waals surface area contributed by atoms with Crippen LogP contribution in [0.15, 0.2) is 36.5 Å². The van der Waals surface area contributed by atoms with Crippen LogP contribution in [0.1, 0.15) is 19.4 Å². The minimum atomic E-state index is -0.732. The molecule has 3 atom stereocenters. The van der Waals surface area contributed by atoms with E-state index in [2.05, 4.69) is 31.0 Å². The Hall–Kier alpha value is -1.48. The molecular weight excluding hydrogens is 238 g/mol. The highest BCUT2D eigenvalue weighted by Crippen LogP contribution is 2.31. The number of benzene rings is 1. The number of methoxy groups -OCH3 is 1. The topological polar surface area (TPSA) is 32.7 Å². The van der Waals surface area contributed by atoms with Crippen LogP contribution >= 0.6 is 0 Å². The first-order valence-corrected chi connectivity index (χ1v) is 6.70. The number of aliphatic hydroxyl groups is 1. The number of nitrogens with zero attached hydrogens (tertiary/aromatic N) is 1. The van der Waals surface area contributed by atoms with Crippen LogP contribution in [0.25, 0.3) is 0 Å². The minimum Gasteiger partial charge on any atom is -0.497 e. The lowest BCUT2D eigenvalue weighted by Gasteiger charge is -2.43. The van der Waals surface area contributed by atoms with Crippen molar-refractivity contribution in [2.75, 3.05) is 14.2 Å². The summed E-state index contributed by atoms with van der Waals surface area (Å²) >= 11 is 0. The van der Waals surface area contributed by atoms with Gasteiger partial charge >= 0.3 is 0 Å². The Morgan fingerprint density at radius 2 is 1.95 bits per heavy atom. The summed E-state index contributed by atoms with van der Waals surface area (Å²) in [5.41, 5.74) is 0.527. The van der Waals surface area contributed by atoms with E-state index in [1.54, 1.807) is 7.11 Å². The largest absolute Gasteiger partial charge is 0.497 e. The Labute approximate surface area is 115 Å². The zero-order valence-electron chi connectivity index (χ0n) is 12.1. The van der Waals surface area contributed by atoms with E-state index in [0.717, 1.165) is 12.2 Å². The average Bonchev–Trinajstić information content (AvgIpc) is 2.40. The van der Waals surface area contributed by atoms with Gasteiger partial charge in [0.05, 0.1) is 12.7 Å². The van der Waals surface area contributed by atoms with Crippen molar-refractivity contribution < 1.29 is 9.84 Å². The van der Waals surface area contributed by atoms with Gasteiger partial charge in [-0.2, -0.15) is 0 Å². The highest BCUT2D eigenvalue weighted by Gasteiger charge is 2.36. The first kappa shape index (κ1) is 13.9. The summed E-state index contributed by atoms with van der Waals surface area (Å²) in [5.74, 6) is 1.06. The maximum absolute atomic E-state index is 10.4. The summed E-state index contributed by atoms with van der Waals surface area (Å²) < 4.78 is 5.17. The van der Waals surface area contributed by atoms with Crippen molar-refractivity contribution in [2.45, 2.75) is 31.9 Å². The third kappa shape index (κ3) is 2.92. The summed E-state index contributed by atoms with van der Waals surface area (Å²) in [6.07, 6.45) is 4.78. The monoisotopic (exact) mass is 261 g/mol. The van der Waals surface area contributed by atoms with Crippen LogP contribution in [-0.2, 0) is 6.42 Å². The van der Waals surface area contributed by atoms with E-state index >= 15 is 0 Å². The highest BCUT2D eigenvalue weighted by atomic mass is 16.5. The molecule has 1 heterocycles. The Balaban J connectivity index is 2.14. The lowest BCUT2D eigenvalue weighted by atomic mass is 9.79. The van der Waals surface area contributed by atoms with Crippen molar-refractivity contribution >= 4 is 0 Å². The predicted octanol–water partition coefficient (Wildman–Crippen LogP) is 2.45. The predicted molar refractivity (Wildman–Crippen MR) is 77.2 cm³/mol. The van der Waals surface area contributed by atoms with Gasteiger partial charge < -0.3 is 14.7 Å². The van der Waals surface area contributed by atoms with Gasteiger partial charge in [0.15, 0.2) is 0 Å². The van der Waals surface area contributed by atoms with Gasteiger partial charge in [0.2, 0.25) is 0 Å². The fourth-order valence-electron chi connectivity index (χ4n) is 2.60. The summed E-state index contributed by atoms with van der Waals surface area (Å²) in [4.78, 5) is 2.19. The minimum absolute atomic E-state index is 0.185. The molecule has 0 saturated carbocycles. The van der Waals surface area contributed by atoms with Crippen molar-refractivity contribution in [3.8, 4) is 5.75 Å². The third-order valence-electron chi connectivity index (χ3n) is 4.27. The molecule has 0 fully saturated rings. The second-order valence-corrected chi connectivity index (χ2v) is 5.62. The lowest BCUT2D eigenvalue weighted by molar-refractivity contribution is 0.00351. The smallest absolute Gasteiger partial charge is 0.118 e. The van der Waals surface area contributed by atoms with E-state index in [9.17, 15) is 5.11 Å². The van der Waals surface area contributed by atoms with Crippen LogP contribution in [0.4, 0.5) is 0 Å². The second kappa shape index (κ2) is 5.25. The van der Waals surface area contributed by atoms with Gasteiger partial charge in [-0.1, -0.05) is 19.1 Å². The van der Waals surface area contributed by atoms with Crippen molar-refractivity contribution in [1.29, 1.82) is 0 Å². The Bertz CT molecular complexity index is 450. The van der Waals surface area contributed by atoms with Gasteiger partial charge in [0, 0.05) is 19.0 Å². The lowest BCUT2D eigenvalue weighted by Crippen LogP contribution is -2.49. The number of hydrogen-bond acceptors (Lipinski definition) is 3. The van der Waals surface area contributed by atoms with Crippen LogP contribution in [-0.4, -0.2) is 35.8 Å². The van der Waals surface area contributed by atoms with E-state index in [4.69, 9.17) is 4.74 Å². The van der Waals surface area contributed by atoms with Gasteiger partial charge in [0.1, 0.15) is 5.75 Å². The zero-order valence-corrected chi connectivity index (χ0v) is 12.1. The maximum Gasteiger partial charge on any atom is 0.118 e. The van der Waals surface area contributed by atoms with Crippen molar-refractivity contribution in [2.24, 2.45) is 5.92 Å². The first-order chi connectivity index (χ1) is 8.94. The first-order valence-electron chi connectivity index (χ1n) is 6.70. The van der Waals surface area contributed by atoms with Gasteiger partial charge in [-0.05, 0) is 43.3 Å². The molecule has 1 aromatic rings. The van der Waals surface area contributed by atoms with Gasteiger partial charge in [-0.3, -0.25) is 0 Å². The fraction of sp³-hybridized carbons (Fsp3) is 0.500. The maximum atomic E-state index is 10.4. The van der Waals surface area contributed by atoms with E-state index in [1.807, 2.05) is 31.3 Å². The van der Waals surface area contributed by atoms with Gasteiger partial charge in [-0.15, -0.1) is 0 Å². The molecule has 0 bridgehead atoms. The summed E-state index contributed by atoms with van der Waals surface area (Å²) in [6, 6.07) is 8.44. The van der Waals surface area contributed by atoms with E-state index in [-0.39, 0.29) is 5.92 Å². The van der Waals surface area contributed by atoms with Crippen molar-refractivity contribution in [1.82, 2.24) is 4.90 Å². The zero-order chi connectivity index (χ0) is 14.0. The summed E-state index contributed by atoms with van der Waals surface area (Å²) in [7, 11) is 3.74. The summed E-state index contributed by atoms with van der Waals surface area (Å²) in [6.45, 7) is 3.98. The standard InChI is InChI=1S/C16H23NO2/c1-12-15(17(3)10-9-16(12,2)18)11-13-5-7-14(19-4)8-6-13/h5-10,12,15,18H,11H2,1-4H3/t12-,15-,16?/m0/s1. The molecule has 3 heteroatoms.